The molecule has 1 aromatic rings. The lowest BCUT2D eigenvalue weighted by Gasteiger charge is -2.44. The summed E-state index contributed by atoms with van der Waals surface area (Å²) in [5.74, 6) is -0.0119. The molecule has 4 nitrogen and oxygen atoms in total. The van der Waals surface area contributed by atoms with Crippen LogP contribution < -0.4 is 4.90 Å². The van der Waals surface area contributed by atoms with Crippen LogP contribution in [0.4, 0.5) is 5.69 Å². The number of benzene rings is 1. The predicted molar refractivity (Wildman–Crippen MR) is 76.4 cm³/mol. The fourth-order valence-electron chi connectivity index (χ4n) is 2.59. The number of likely N-dealkylation sites (N-methyl/N-ethyl adjacent to an activating group) is 1. The molecule has 2 atom stereocenters. The molecule has 2 unspecified atom stereocenters. The summed E-state index contributed by atoms with van der Waals surface area (Å²) in [6.45, 7) is 6.71. The smallest absolute Gasteiger partial charge is 0.247 e. The van der Waals surface area contributed by atoms with Crippen molar-refractivity contribution < 1.29 is 9.90 Å². The molecule has 1 aliphatic heterocycles. The van der Waals surface area contributed by atoms with Gasteiger partial charge in [-0.1, -0.05) is 12.1 Å². The van der Waals surface area contributed by atoms with Gasteiger partial charge < -0.3 is 14.9 Å². The van der Waals surface area contributed by atoms with Gasteiger partial charge in [0.1, 0.15) is 6.04 Å². The van der Waals surface area contributed by atoms with E-state index in [9.17, 15) is 9.90 Å². The minimum Gasteiger partial charge on any atom is -0.394 e. The molecule has 104 valence electrons. The van der Waals surface area contributed by atoms with Crippen molar-refractivity contribution in [1.82, 2.24) is 4.90 Å². The van der Waals surface area contributed by atoms with Gasteiger partial charge in [-0.2, -0.15) is 0 Å². The number of hydrogen-bond donors (Lipinski definition) is 1. The van der Waals surface area contributed by atoms with Gasteiger partial charge in [-0.3, -0.25) is 4.79 Å². The second kappa shape index (κ2) is 5.21. The van der Waals surface area contributed by atoms with Gasteiger partial charge in [-0.05, 0) is 38.0 Å². The lowest BCUT2D eigenvalue weighted by atomic mass is 10.0. The first-order valence-corrected chi connectivity index (χ1v) is 6.67. The monoisotopic (exact) mass is 262 g/mol. The topological polar surface area (TPSA) is 43.8 Å². The summed E-state index contributed by atoms with van der Waals surface area (Å²) < 4.78 is 0. The van der Waals surface area contributed by atoms with Crippen molar-refractivity contribution in [3.63, 3.8) is 0 Å². The Morgan fingerprint density at radius 1 is 1.37 bits per heavy atom. The molecule has 1 amide bonds. The van der Waals surface area contributed by atoms with Crippen LogP contribution in [0.3, 0.4) is 0 Å². The number of aliphatic hydroxyl groups is 1. The Morgan fingerprint density at radius 2 is 2.05 bits per heavy atom. The number of carbonyl (C=O) groups is 1. The average Bonchev–Trinajstić information content (AvgIpc) is 2.38. The Hall–Kier alpha value is -1.55. The van der Waals surface area contributed by atoms with E-state index in [1.807, 2.05) is 25.7 Å². The Balaban J connectivity index is 2.41. The maximum absolute atomic E-state index is 12.3. The predicted octanol–water partition coefficient (Wildman–Crippen LogP) is 1.33. The standard InChI is InChI=1S/C15H22N2O2/c1-10-5-6-11(2)13(7-10)17-8-12(3)16(4)15(19)14(17)9-18/h5-7,12,14,18H,8-9H2,1-4H3. The van der Waals surface area contributed by atoms with Crippen LogP contribution in [0.25, 0.3) is 0 Å². The number of hydrogen-bond acceptors (Lipinski definition) is 3. The SMILES string of the molecule is Cc1ccc(C)c(N2CC(C)N(C)C(=O)C2CO)c1. The first kappa shape index (κ1) is 13.9. The summed E-state index contributed by atoms with van der Waals surface area (Å²) in [7, 11) is 1.80. The molecular weight excluding hydrogens is 240 g/mol. The van der Waals surface area contributed by atoms with Crippen LogP contribution in [-0.2, 0) is 4.79 Å². The van der Waals surface area contributed by atoms with Crippen molar-refractivity contribution in [2.75, 3.05) is 25.1 Å². The van der Waals surface area contributed by atoms with E-state index in [2.05, 4.69) is 18.2 Å². The normalized spacial score (nSPS) is 23.9. The number of rotatable bonds is 2. The number of nitrogens with zero attached hydrogens (tertiary/aromatic N) is 2. The first-order valence-electron chi connectivity index (χ1n) is 6.67. The molecule has 2 rings (SSSR count). The number of aryl methyl sites for hydroxylation is 2. The third-order valence-corrected chi connectivity index (χ3v) is 3.98. The van der Waals surface area contributed by atoms with E-state index < -0.39 is 6.04 Å². The highest BCUT2D eigenvalue weighted by atomic mass is 16.3. The third kappa shape index (κ3) is 2.45. The quantitative estimate of drug-likeness (QED) is 0.874. The van der Waals surface area contributed by atoms with Crippen molar-refractivity contribution in [2.24, 2.45) is 0 Å². The molecule has 0 aromatic heterocycles. The molecule has 1 heterocycles. The summed E-state index contributed by atoms with van der Waals surface area (Å²) in [6.07, 6.45) is 0. The van der Waals surface area contributed by atoms with E-state index in [1.54, 1.807) is 11.9 Å². The molecule has 4 heteroatoms. The molecule has 0 saturated carbocycles. The van der Waals surface area contributed by atoms with Crippen molar-refractivity contribution in [3.05, 3.63) is 29.3 Å². The maximum atomic E-state index is 12.3. The highest BCUT2D eigenvalue weighted by molar-refractivity contribution is 5.87. The molecular formula is C15H22N2O2. The summed E-state index contributed by atoms with van der Waals surface area (Å²) in [5.41, 5.74) is 3.34. The molecule has 0 aliphatic carbocycles. The summed E-state index contributed by atoms with van der Waals surface area (Å²) in [4.78, 5) is 16.0. The van der Waals surface area contributed by atoms with Crippen molar-refractivity contribution >= 4 is 11.6 Å². The van der Waals surface area contributed by atoms with Gasteiger partial charge in [0.2, 0.25) is 5.91 Å². The Morgan fingerprint density at radius 3 is 2.68 bits per heavy atom. The van der Waals surface area contributed by atoms with Crippen LogP contribution in [0.5, 0.6) is 0 Å². The second-order valence-corrected chi connectivity index (χ2v) is 5.44. The van der Waals surface area contributed by atoms with Gasteiger partial charge in [-0.25, -0.2) is 0 Å². The highest BCUT2D eigenvalue weighted by Crippen LogP contribution is 2.27. The molecule has 0 spiro atoms. The Labute approximate surface area is 114 Å². The minimum absolute atomic E-state index is 0.0119. The fourth-order valence-corrected chi connectivity index (χ4v) is 2.59. The number of carbonyl (C=O) groups excluding carboxylic acids is 1. The van der Waals surface area contributed by atoms with E-state index in [0.29, 0.717) is 0 Å². The number of aliphatic hydroxyl groups excluding tert-OH is 1. The van der Waals surface area contributed by atoms with Crippen LogP contribution in [0.2, 0.25) is 0 Å². The summed E-state index contributed by atoms with van der Waals surface area (Å²) in [6, 6.07) is 5.89. The molecule has 0 radical (unpaired) electrons. The van der Waals surface area contributed by atoms with Crippen molar-refractivity contribution in [2.45, 2.75) is 32.9 Å². The van der Waals surface area contributed by atoms with Crippen molar-refractivity contribution in [1.29, 1.82) is 0 Å². The summed E-state index contributed by atoms with van der Waals surface area (Å²) >= 11 is 0. The molecule has 1 fully saturated rings. The largest absolute Gasteiger partial charge is 0.394 e. The Kier molecular flexibility index (Phi) is 3.80. The molecule has 1 aliphatic rings. The Bertz CT molecular complexity index is 487. The van der Waals surface area contributed by atoms with Gasteiger partial charge in [0, 0.05) is 25.3 Å². The van der Waals surface area contributed by atoms with Crippen LogP contribution in [0.1, 0.15) is 18.1 Å². The van der Waals surface area contributed by atoms with Gasteiger partial charge in [-0.15, -0.1) is 0 Å². The minimum atomic E-state index is -0.471. The number of piperazine rings is 1. The van der Waals surface area contributed by atoms with E-state index in [0.717, 1.165) is 23.4 Å². The van der Waals surface area contributed by atoms with Crippen LogP contribution in [0.15, 0.2) is 18.2 Å². The van der Waals surface area contributed by atoms with E-state index in [1.165, 1.54) is 0 Å². The second-order valence-electron chi connectivity index (χ2n) is 5.44. The average molecular weight is 262 g/mol. The zero-order valence-corrected chi connectivity index (χ0v) is 12.1. The molecule has 1 N–H and O–H groups in total. The number of anilines is 1. The lowest BCUT2D eigenvalue weighted by Crippen LogP contribution is -2.61. The highest BCUT2D eigenvalue weighted by Gasteiger charge is 2.36. The van der Waals surface area contributed by atoms with Gasteiger partial charge >= 0.3 is 0 Å². The fraction of sp³-hybridized carbons (Fsp3) is 0.533. The first-order chi connectivity index (χ1) is 8.95. The van der Waals surface area contributed by atoms with Crippen LogP contribution in [-0.4, -0.2) is 48.2 Å². The summed E-state index contributed by atoms with van der Waals surface area (Å²) in [5, 5.41) is 9.57. The van der Waals surface area contributed by atoms with Gasteiger partial charge in [0.15, 0.2) is 0 Å². The molecule has 1 aromatic carbocycles. The molecule has 1 saturated heterocycles. The van der Waals surface area contributed by atoms with Crippen LogP contribution in [0, 0.1) is 13.8 Å². The van der Waals surface area contributed by atoms with Gasteiger partial charge in [0.25, 0.3) is 0 Å². The van der Waals surface area contributed by atoms with E-state index in [-0.39, 0.29) is 18.6 Å². The third-order valence-electron chi connectivity index (χ3n) is 3.98. The van der Waals surface area contributed by atoms with Crippen LogP contribution >= 0.6 is 0 Å². The maximum Gasteiger partial charge on any atom is 0.247 e. The number of amides is 1. The van der Waals surface area contributed by atoms with Gasteiger partial charge in [0.05, 0.1) is 6.61 Å². The lowest BCUT2D eigenvalue weighted by molar-refractivity contribution is -0.136. The zero-order chi connectivity index (χ0) is 14.2. The molecule has 19 heavy (non-hydrogen) atoms. The van der Waals surface area contributed by atoms with Crippen molar-refractivity contribution in [3.8, 4) is 0 Å². The zero-order valence-electron chi connectivity index (χ0n) is 12.1. The molecule has 0 bridgehead atoms. The van der Waals surface area contributed by atoms with E-state index >= 15 is 0 Å². The van der Waals surface area contributed by atoms with E-state index in [4.69, 9.17) is 0 Å².